The van der Waals surface area contributed by atoms with Crippen LogP contribution >= 0.6 is 11.8 Å². The molecule has 27 heavy (non-hydrogen) atoms. The summed E-state index contributed by atoms with van der Waals surface area (Å²) in [7, 11) is 1.56. The van der Waals surface area contributed by atoms with Crippen LogP contribution in [-0.2, 0) is 16.0 Å². The predicted octanol–water partition coefficient (Wildman–Crippen LogP) is 3.34. The van der Waals surface area contributed by atoms with Crippen LogP contribution < -0.4 is 9.64 Å². The Morgan fingerprint density at radius 2 is 2.00 bits per heavy atom. The number of nitriles is 1. The number of carbonyl (C=O) groups is 2. The molecule has 1 saturated heterocycles. The Hall–Kier alpha value is -2.85. The predicted molar refractivity (Wildman–Crippen MR) is 103 cm³/mol. The van der Waals surface area contributed by atoms with Gasteiger partial charge in [-0.2, -0.15) is 5.26 Å². The summed E-state index contributed by atoms with van der Waals surface area (Å²) in [6.45, 7) is 2.05. The molecule has 1 fully saturated rings. The maximum atomic E-state index is 12.8. The summed E-state index contributed by atoms with van der Waals surface area (Å²) in [5.41, 5.74) is 1.81. The first-order valence-corrected chi connectivity index (χ1v) is 9.52. The number of methoxy groups -OCH3 is 1. The van der Waals surface area contributed by atoms with E-state index in [0.29, 0.717) is 22.0 Å². The Labute approximate surface area is 162 Å². The van der Waals surface area contributed by atoms with Crippen LogP contribution in [0.4, 0.5) is 5.69 Å². The summed E-state index contributed by atoms with van der Waals surface area (Å²) >= 11 is 1.19. The number of amides is 2. The SMILES string of the molecule is CCCc1ccc(C#N)c(S[C@@H]2CC(=O)N(c3ccc(OC)cc3)C2=O)n1. The fourth-order valence-electron chi connectivity index (χ4n) is 2.88. The van der Waals surface area contributed by atoms with E-state index in [2.05, 4.69) is 18.0 Å². The number of imide groups is 1. The highest BCUT2D eigenvalue weighted by atomic mass is 32.2. The molecule has 1 aliphatic heterocycles. The lowest BCUT2D eigenvalue weighted by Crippen LogP contribution is -2.31. The van der Waals surface area contributed by atoms with Crippen molar-refractivity contribution in [3.8, 4) is 11.8 Å². The normalized spacial score (nSPS) is 16.5. The smallest absolute Gasteiger partial charge is 0.247 e. The molecule has 0 bridgehead atoms. The molecular weight excluding hydrogens is 362 g/mol. The van der Waals surface area contributed by atoms with Gasteiger partial charge in [0.1, 0.15) is 16.8 Å². The number of aryl methyl sites for hydroxylation is 1. The van der Waals surface area contributed by atoms with Gasteiger partial charge in [0.2, 0.25) is 11.8 Å². The molecule has 0 unspecified atom stereocenters. The van der Waals surface area contributed by atoms with Gasteiger partial charge in [-0.15, -0.1) is 0 Å². The molecule has 7 heteroatoms. The van der Waals surface area contributed by atoms with E-state index < -0.39 is 5.25 Å². The van der Waals surface area contributed by atoms with Crippen molar-refractivity contribution in [1.82, 2.24) is 4.98 Å². The molecular formula is C20H19N3O3S. The molecule has 0 N–H and O–H groups in total. The molecule has 0 spiro atoms. The lowest BCUT2D eigenvalue weighted by molar-refractivity contribution is -0.121. The van der Waals surface area contributed by atoms with E-state index in [1.165, 1.54) is 16.7 Å². The van der Waals surface area contributed by atoms with Crippen LogP contribution in [-0.4, -0.2) is 29.2 Å². The number of ether oxygens (including phenoxy) is 1. The molecule has 3 rings (SSSR count). The molecule has 0 radical (unpaired) electrons. The number of aromatic nitrogens is 1. The van der Waals surface area contributed by atoms with Gasteiger partial charge in [-0.1, -0.05) is 25.1 Å². The number of anilines is 1. The highest BCUT2D eigenvalue weighted by Crippen LogP contribution is 2.35. The second-order valence-electron chi connectivity index (χ2n) is 6.09. The maximum Gasteiger partial charge on any atom is 0.247 e. The maximum absolute atomic E-state index is 12.8. The minimum absolute atomic E-state index is 0.0834. The second-order valence-corrected chi connectivity index (χ2v) is 7.28. The van der Waals surface area contributed by atoms with Gasteiger partial charge in [0, 0.05) is 12.1 Å². The molecule has 1 aliphatic rings. The number of hydrogen-bond acceptors (Lipinski definition) is 6. The molecule has 1 atom stereocenters. The molecule has 1 aromatic heterocycles. The van der Waals surface area contributed by atoms with Crippen LogP contribution in [0.15, 0.2) is 41.4 Å². The van der Waals surface area contributed by atoms with Gasteiger partial charge in [-0.05, 0) is 42.8 Å². The van der Waals surface area contributed by atoms with Crippen LogP contribution in [0, 0.1) is 11.3 Å². The van der Waals surface area contributed by atoms with Gasteiger partial charge < -0.3 is 4.74 Å². The van der Waals surface area contributed by atoms with Crippen molar-refractivity contribution >= 4 is 29.3 Å². The Morgan fingerprint density at radius 1 is 1.26 bits per heavy atom. The molecule has 2 heterocycles. The second kappa shape index (κ2) is 8.23. The number of carbonyl (C=O) groups excluding carboxylic acids is 2. The summed E-state index contributed by atoms with van der Waals surface area (Å²) < 4.78 is 5.11. The third-order valence-electron chi connectivity index (χ3n) is 4.23. The molecule has 0 aliphatic carbocycles. The largest absolute Gasteiger partial charge is 0.497 e. The van der Waals surface area contributed by atoms with Gasteiger partial charge in [-0.25, -0.2) is 9.88 Å². The molecule has 6 nitrogen and oxygen atoms in total. The molecule has 0 saturated carbocycles. The minimum Gasteiger partial charge on any atom is -0.497 e. The summed E-state index contributed by atoms with van der Waals surface area (Å²) in [4.78, 5) is 31.0. The van der Waals surface area contributed by atoms with Crippen LogP contribution in [0.2, 0.25) is 0 Å². The fraction of sp³-hybridized carbons (Fsp3) is 0.300. The standard InChI is InChI=1S/C20H19N3O3S/c1-3-4-14-6-5-13(12-21)19(22-14)27-17-11-18(24)23(20(17)25)15-7-9-16(26-2)10-8-15/h5-10,17H,3-4,11H2,1-2H3/t17-/m1/s1. The average molecular weight is 381 g/mol. The number of rotatable bonds is 6. The quantitative estimate of drug-likeness (QED) is 0.714. The van der Waals surface area contributed by atoms with E-state index in [4.69, 9.17) is 4.74 Å². The highest BCUT2D eigenvalue weighted by Gasteiger charge is 2.40. The van der Waals surface area contributed by atoms with Gasteiger partial charge in [-0.3, -0.25) is 9.59 Å². The molecule has 138 valence electrons. The zero-order valence-corrected chi connectivity index (χ0v) is 16.0. The topological polar surface area (TPSA) is 83.3 Å². The van der Waals surface area contributed by atoms with Crippen LogP contribution in [0.3, 0.4) is 0 Å². The Bertz CT molecular complexity index is 906. The number of pyridine rings is 1. The Balaban J connectivity index is 1.83. The number of hydrogen-bond donors (Lipinski definition) is 0. The first kappa shape index (κ1) is 18.9. The fourth-order valence-corrected chi connectivity index (χ4v) is 3.99. The lowest BCUT2D eigenvalue weighted by Gasteiger charge is -2.15. The zero-order chi connectivity index (χ0) is 19.4. The van der Waals surface area contributed by atoms with Crippen molar-refractivity contribution in [2.24, 2.45) is 0 Å². The Morgan fingerprint density at radius 3 is 2.63 bits per heavy atom. The van der Waals surface area contributed by atoms with Crippen molar-refractivity contribution in [2.45, 2.75) is 36.5 Å². The summed E-state index contributed by atoms with van der Waals surface area (Å²) in [5.74, 6) is 0.104. The van der Waals surface area contributed by atoms with Crippen molar-refractivity contribution < 1.29 is 14.3 Å². The van der Waals surface area contributed by atoms with Crippen LogP contribution in [0.5, 0.6) is 5.75 Å². The van der Waals surface area contributed by atoms with Crippen molar-refractivity contribution in [2.75, 3.05) is 12.0 Å². The van der Waals surface area contributed by atoms with E-state index in [-0.39, 0.29) is 18.2 Å². The van der Waals surface area contributed by atoms with E-state index in [9.17, 15) is 14.9 Å². The van der Waals surface area contributed by atoms with Crippen molar-refractivity contribution in [1.29, 1.82) is 5.26 Å². The minimum atomic E-state index is -0.587. The molecule has 2 amide bonds. The Kier molecular flexibility index (Phi) is 5.77. The molecule has 2 aromatic rings. The highest BCUT2D eigenvalue weighted by molar-refractivity contribution is 8.00. The van der Waals surface area contributed by atoms with E-state index in [1.54, 1.807) is 37.4 Å². The van der Waals surface area contributed by atoms with Crippen LogP contribution in [0.25, 0.3) is 0 Å². The summed E-state index contributed by atoms with van der Waals surface area (Å²) in [6, 6.07) is 12.5. The summed E-state index contributed by atoms with van der Waals surface area (Å²) in [6.07, 6.45) is 1.82. The molecule has 1 aromatic carbocycles. The summed E-state index contributed by atoms with van der Waals surface area (Å²) in [5, 5.41) is 9.25. The zero-order valence-electron chi connectivity index (χ0n) is 15.1. The van der Waals surface area contributed by atoms with Crippen LogP contribution in [0.1, 0.15) is 31.0 Å². The van der Waals surface area contributed by atoms with E-state index in [0.717, 1.165) is 18.5 Å². The van der Waals surface area contributed by atoms with Gasteiger partial charge in [0.15, 0.2) is 0 Å². The lowest BCUT2D eigenvalue weighted by atomic mass is 10.2. The van der Waals surface area contributed by atoms with E-state index in [1.807, 2.05) is 6.07 Å². The van der Waals surface area contributed by atoms with Gasteiger partial charge >= 0.3 is 0 Å². The van der Waals surface area contributed by atoms with E-state index >= 15 is 0 Å². The average Bonchev–Trinajstić information content (AvgIpc) is 2.96. The third kappa shape index (κ3) is 3.96. The van der Waals surface area contributed by atoms with Gasteiger partial charge in [0.25, 0.3) is 0 Å². The van der Waals surface area contributed by atoms with Gasteiger partial charge in [0.05, 0.1) is 23.6 Å². The number of thioether (sulfide) groups is 1. The monoisotopic (exact) mass is 381 g/mol. The number of benzene rings is 1. The van der Waals surface area contributed by atoms with Crippen molar-refractivity contribution in [3.63, 3.8) is 0 Å². The third-order valence-corrected chi connectivity index (χ3v) is 5.42. The number of nitrogens with zero attached hydrogens (tertiary/aromatic N) is 3. The first-order valence-electron chi connectivity index (χ1n) is 8.65. The van der Waals surface area contributed by atoms with Crippen molar-refractivity contribution in [3.05, 3.63) is 47.7 Å². The first-order chi connectivity index (χ1) is 13.1.